The fraction of sp³-hybridized carbons (Fsp3) is 0.312. The van der Waals surface area contributed by atoms with Gasteiger partial charge in [0, 0.05) is 23.9 Å². The van der Waals surface area contributed by atoms with Crippen LogP contribution in [0.4, 0.5) is 0 Å². The van der Waals surface area contributed by atoms with Crippen LogP contribution in [0.5, 0.6) is 17.4 Å². The molecule has 0 saturated heterocycles. The normalized spacial score (nSPS) is 11.8. The topological polar surface area (TPSA) is 66.6 Å². The van der Waals surface area contributed by atoms with E-state index in [4.69, 9.17) is 19.9 Å². The molecule has 1 atom stereocenters. The van der Waals surface area contributed by atoms with Crippen molar-refractivity contribution < 1.29 is 14.2 Å². The maximum atomic E-state index is 5.97. The van der Waals surface area contributed by atoms with Crippen LogP contribution in [0.15, 0.2) is 36.5 Å². The van der Waals surface area contributed by atoms with Gasteiger partial charge in [-0.3, -0.25) is 0 Å². The first-order valence-electron chi connectivity index (χ1n) is 6.70. The zero-order valence-electron chi connectivity index (χ0n) is 12.5. The van der Waals surface area contributed by atoms with E-state index in [1.807, 2.05) is 37.3 Å². The van der Waals surface area contributed by atoms with Crippen molar-refractivity contribution in [2.45, 2.75) is 19.6 Å². The number of pyridine rings is 1. The summed E-state index contributed by atoms with van der Waals surface area (Å²) in [6.07, 6.45) is 1.68. The van der Waals surface area contributed by atoms with Gasteiger partial charge < -0.3 is 19.9 Å². The lowest BCUT2D eigenvalue weighted by molar-refractivity contribution is 0.288. The highest BCUT2D eigenvalue weighted by atomic mass is 16.5. The summed E-state index contributed by atoms with van der Waals surface area (Å²) in [5, 5.41) is 0. The Morgan fingerprint density at radius 3 is 2.67 bits per heavy atom. The number of benzene rings is 1. The minimum absolute atomic E-state index is 0.123. The highest BCUT2D eigenvalue weighted by molar-refractivity contribution is 5.42. The molecule has 0 saturated carbocycles. The quantitative estimate of drug-likeness (QED) is 0.885. The summed E-state index contributed by atoms with van der Waals surface area (Å²) in [6, 6.07) is 9.26. The lowest BCUT2D eigenvalue weighted by Gasteiger charge is -2.16. The molecule has 5 nitrogen and oxygen atoms in total. The SMILES string of the molecule is COc1ccc([C@@H](C)N)c(OCc2cccnc2OC)c1. The summed E-state index contributed by atoms with van der Waals surface area (Å²) >= 11 is 0. The number of hydrogen-bond donors (Lipinski definition) is 1. The zero-order valence-corrected chi connectivity index (χ0v) is 12.5. The molecule has 1 aromatic carbocycles. The standard InChI is InChI=1S/C16H20N2O3/c1-11(17)14-7-6-13(19-2)9-15(14)21-10-12-5-4-8-18-16(12)20-3/h4-9,11H,10,17H2,1-3H3/t11-/m1/s1. The molecule has 0 fully saturated rings. The number of methoxy groups -OCH3 is 2. The van der Waals surface area contributed by atoms with E-state index in [-0.39, 0.29) is 6.04 Å². The Hall–Kier alpha value is -2.27. The molecule has 0 aliphatic rings. The number of rotatable bonds is 6. The third kappa shape index (κ3) is 3.64. The molecular formula is C16H20N2O3. The molecule has 0 unspecified atom stereocenters. The molecule has 0 bridgehead atoms. The molecule has 0 aliphatic carbocycles. The van der Waals surface area contributed by atoms with E-state index >= 15 is 0 Å². The molecule has 2 rings (SSSR count). The first-order valence-corrected chi connectivity index (χ1v) is 6.70. The predicted octanol–water partition coefficient (Wildman–Crippen LogP) is 2.70. The molecule has 0 spiro atoms. The minimum Gasteiger partial charge on any atom is -0.497 e. The maximum absolute atomic E-state index is 5.97. The second-order valence-corrected chi connectivity index (χ2v) is 4.65. The summed E-state index contributed by atoms with van der Waals surface area (Å²) in [5.41, 5.74) is 7.78. The van der Waals surface area contributed by atoms with Gasteiger partial charge >= 0.3 is 0 Å². The first-order chi connectivity index (χ1) is 10.2. The molecule has 1 aromatic heterocycles. The Morgan fingerprint density at radius 2 is 2.00 bits per heavy atom. The van der Waals surface area contributed by atoms with Gasteiger partial charge in [0.1, 0.15) is 18.1 Å². The van der Waals surface area contributed by atoms with Crippen molar-refractivity contribution in [1.82, 2.24) is 4.98 Å². The number of nitrogens with two attached hydrogens (primary N) is 1. The van der Waals surface area contributed by atoms with Crippen LogP contribution in [-0.2, 0) is 6.61 Å². The largest absolute Gasteiger partial charge is 0.497 e. The fourth-order valence-corrected chi connectivity index (χ4v) is 2.02. The van der Waals surface area contributed by atoms with Crippen LogP contribution in [-0.4, -0.2) is 19.2 Å². The monoisotopic (exact) mass is 288 g/mol. The second kappa shape index (κ2) is 6.95. The van der Waals surface area contributed by atoms with Gasteiger partial charge in [-0.1, -0.05) is 6.07 Å². The van der Waals surface area contributed by atoms with Crippen molar-refractivity contribution in [1.29, 1.82) is 0 Å². The predicted molar refractivity (Wildman–Crippen MR) is 80.7 cm³/mol. The lowest BCUT2D eigenvalue weighted by atomic mass is 10.1. The van der Waals surface area contributed by atoms with E-state index in [2.05, 4.69) is 4.98 Å². The van der Waals surface area contributed by atoms with E-state index in [9.17, 15) is 0 Å². The average molecular weight is 288 g/mol. The number of ether oxygens (including phenoxy) is 3. The summed E-state index contributed by atoms with van der Waals surface area (Å²) < 4.78 is 16.3. The van der Waals surface area contributed by atoms with Crippen molar-refractivity contribution in [3.8, 4) is 17.4 Å². The fourth-order valence-electron chi connectivity index (χ4n) is 2.02. The van der Waals surface area contributed by atoms with Crippen LogP contribution in [0.1, 0.15) is 24.1 Å². The zero-order chi connectivity index (χ0) is 15.2. The molecule has 21 heavy (non-hydrogen) atoms. The van der Waals surface area contributed by atoms with Crippen LogP contribution in [0.2, 0.25) is 0 Å². The van der Waals surface area contributed by atoms with Gasteiger partial charge in [-0.2, -0.15) is 0 Å². The molecule has 5 heteroatoms. The summed E-state index contributed by atoms with van der Waals surface area (Å²) in [5.74, 6) is 1.99. The van der Waals surface area contributed by atoms with E-state index in [1.165, 1.54) is 0 Å². The molecule has 2 N–H and O–H groups in total. The highest BCUT2D eigenvalue weighted by Crippen LogP contribution is 2.29. The van der Waals surface area contributed by atoms with Crippen LogP contribution in [0.25, 0.3) is 0 Å². The minimum atomic E-state index is -0.123. The third-order valence-electron chi connectivity index (χ3n) is 3.14. The molecule has 112 valence electrons. The van der Waals surface area contributed by atoms with E-state index in [0.717, 1.165) is 16.9 Å². The van der Waals surface area contributed by atoms with E-state index < -0.39 is 0 Å². The molecule has 0 aliphatic heterocycles. The molecule has 0 amide bonds. The van der Waals surface area contributed by atoms with Gasteiger partial charge in [0.2, 0.25) is 5.88 Å². The Morgan fingerprint density at radius 1 is 1.19 bits per heavy atom. The number of hydrogen-bond acceptors (Lipinski definition) is 5. The Kier molecular flexibility index (Phi) is 5.00. The van der Waals surface area contributed by atoms with Crippen molar-refractivity contribution in [3.63, 3.8) is 0 Å². The molecule has 2 aromatic rings. The Bertz CT molecular complexity index is 600. The number of aromatic nitrogens is 1. The van der Waals surface area contributed by atoms with Gasteiger partial charge in [-0.25, -0.2) is 4.98 Å². The van der Waals surface area contributed by atoms with Crippen molar-refractivity contribution >= 4 is 0 Å². The summed E-state index contributed by atoms with van der Waals surface area (Å²) in [4.78, 5) is 4.15. The highest BCUT2D eigenvalue weighted by Gasteiger charge is 2.11. The van der Waals surface area contributed by atoms with Crippen LogP contribution in [0, 0.1) is 0 Å². The smallest absolute Gasteiger partial charge is 0.219 e. The maximum Gasteiger partial charge on any atom is 0.219 e. The van der Waals surface area contributed by atoms with Gasteiger partial charge in [0.05, 0.1) is 19.8 Å². The van der Waals surface area contributed by atoms with Gasteiger partial charge in [-0.05, 0) is 25.1 Å². The molecule has 1 heterocycles. The van der Waals surface area contributed by atoms with Crippen LogP contribution < -0.4 is 19.9 Å². The van der Waals surface area contributed by atoms with Gasteiger partial charge in [0.25, 0.3) is 0 Å². The van der Waals surface area contributed by atoms with Crippen LogP contribution >= 0.6 is 0 Å². The number of nitrogens with zero attached hydrogens (tertiary/aromatic N) is 1. The average Bonchev–Trinajstić information content (AvgIpc) is 2.52. The first kappa shape index (κ1) is 15.1. The Balaban J connectivity index is 2.22. The van der Waals surface area contributed by atoms with E-state index in [1.54, 1.807) is 20.4 Å². The summed E-state index contributed by atoms with van der Waals surface area (Å²) in [6.45, 7) is 2.27. The summed E-state index contributed by atoms with van der Waals surface area (Å²) in [7, 11) is 3.21. The second-order valence-electron chi connectivity index (χ2n) is 4.65. The lowest BCUT2D eigenvalue weighted by Crippen LogP contribution is -2.09. The van der Waals surface area contributed by atoms with Crippen molar-refractivity contribution in [3.05, 3.63) is 47.7 Å². The molecule has 0 radical (unpaired) electrons. The van der Waals surface area contributed by atoms with Crippen molar-refractivity contribution in [2.75, 3.05) is 14.2 Å². The van der Waals surface area contributed by atoms with Gasteiger partial charge in [-0.15, -0.1) is 0 Å². The Labute approximate surface area is 124 Å². The van der Waals surface area contributed by atoms with E-state index in [0.29, 0.717) is 18.2 Å². The third-order valence-corrected chi connectivity index (χ3v) is 3.14. The van der Waals surface area contributed by atoms with Gasteiger partial charge in [0.15, 0.2) is 0 Å². The van der Waals surface area contributed by atoms with Crippen LogP contribution in [0.3, 0.4) is 0 Å². The van der Waals surface area contributed by atoms with Crippen molar-refractivity contribution in [2.24, 2.45) is 5.73 Å². The molecular weight excluding hydrogens is 268 g/mol.